The second-order valence-electron chi connectivity index (χ2n) is 7.32. The van der Waals surface area contributed by atoms with Crippen LogP contribution in [0, 0.1) is 0 Å². The molecule has 0 aliphatic carbocycles. The number of nitrogens with zero attached hydrogens (tertiary/aromatic N) is 5. The van der Waals surface area contributed by atoms with Gasteiger partial charge in [0, 0.05) is 50.7 Å². The molecular weight excluding hydrogens is 342 g/mol. The largest absolute Gasteiger partial charge is 0.494 e. The molecule has 0 N–H and O–H groups in total. The minimum atomic E-state index is -0.179. The normalized spacial score (nSPS) is 19.9. The van der Waals surface area contributed by atoms with Crippen LogP contribution in [0.4, 0.5) is 11.5 Å². The van der Waals surface area contributed by atoms with Crippen LogP contribution >= 0.6 is 0 Å². The maximum Gasteiger partial charge on any atom is 0.250 e. The number of fused-ring (bicyclic) bond motifs is 3. The number of hydrogen-bond donors (Lipinski definition) is 0. The Hall–Kier alpha value is -2.67. The summed E-state index contributed by atoms with van der Waals surface area (Å²) < 4.78 is 5.43. The summed E-state index contributed by atoms with van der Waals surface area (Å²) in [6, 6.07) is 5.94. The standard InChI is InChI=1S/C20H25N5O2/c1-13(2)24-8-9-25-16(12-24)20(26)23(3)15-10-14(11-22-19(15)25)18-17(27-4)6-5-7-21-18/h5-7,10-11,13,16H,8-9,12H2,1-4H3. The number of pyridine rings is 2. The van der Waals surface area contributed by atoms with Gasteiger partial charge in [0.2, 0.25) is 0 Å². The minimum Gasteiger partial charge on any atom is -0.494 e. The van der Waals surface area contributed by atoms with Crippen LogP contribution in [0.1, 0.15) is 13.8 Å². The van der Waals surface area contributed by atoms with Gasteiger partial charge in [-0.1, -0.05) is 0 Å². The minimum absolute atomic E-state index is 0.111. The van der Waals surface area contributed by atoms with Gasteiger partial charge in [0.15, 0.2) is 5.82 Å². The van der Waals surface area contributed by atoms with Gasteiger partial charge in [-0.15, -0.1) is 0 Å². The van der Waals surface area contributed by atoms with Crippen LogP contribution in [0.3, 0.4) is 0 Å². The fourth-order valence-electron chi connectivity index (χ4n) is 3.90. The molecule has 1 unspecified atom stereocenters. The second-order valence-corrected chi connectivity index (χ2v) is 7.32. The molecule has 142 valence electrons. The lowest BCUT2D eigenvalue weighted by atomic mass is 10.0. The number of methoxy groups -OCH3 is 1. The monoisotopic (exact) mass is 367 g/mol. The van der Waals surface area contributed by atoms with Gasteiger partial charge in [-0.2, -0.15) is 0 Å². The Kier molecular flexibility index (Phi) is 4.47. The predicted molar refractivity (Wildman–Crippen MR) is 105 cm³/mol. The number of piperazine rings is 1. The number of rotatable bonds is 3. The molecule has 1 amide bonds. The number of amides is 1. The van der Waals surface area contributed by atoms with Crippen LogP contribution in [0.5, 0.6) is 5.75 Å². The molecule has 0 spiro atoms. The highest BCUT2D eigenvalue weighted by Gasteiger charge is 2.41. The summed E-state index contributed by atoms with van der Waals surface area (Å²) in [7, 11) is 3.45. The van der Waals surface area contributed by atoms with Crippen molar-refractivity contribution < 1.29 is 9.53 Å². The molecule has 7 nitrogen and oxygen atoms in total. The maximum absolute atomic E-state index is 13.1. The van der Waals surface area contributed by atoms with Crippen LogP contribution in [0.2, 0.25) is 0 Å². The summed E-state index contributed by atoms with van der Waals surface area (Å²) in [4.78, 5) is 28.4. The average Bonchev–Trinajstić information content (AvgIpc) is 2.71. The van der Waals surface area contributed by atoms with Gasteiger partial charge in [-0.05, 0) is 32.0 Å². The van der Waals surface area contributed by atoms with E-state index in [1.54, 1.807) is 18.2 Å². The summed E-state index contributed by atoms with van der Waals surface area (Å²) in [6.45, 7) is 6.81. The Morgan fingerprint density at radius 2 is 2.07 bits per heavy atom. The topological polar surface area (TPSA) is 61.8 Å². The lowest BCUT2D eigenvalue weighted by Crippen LogP contribution is -2.63. The lowest BCUT2D eigenvalue weighted by molar-refractivity contribution is -0.121. The maximum atomic E-state index is 13.1. The molecule has 4 rings (SSSR count). The smallest absolute Gasteiger partial charge is 0.250 e. The van der Waals surface area contributed by atoms with E-state index in [1.807, 2.05) is 31.4 Å². The van der Waals surface area contributed by atoms with E-state index in [0.29, 0.717) is 11.8 Å². The van der Waals surface area contributed by atoms with Gasteiger partial charge in [-0.3, -0.25) is 14.7 Å². The van der Waals surface area contributed by atoms with Gasteiger partial charge in [0.05, 0.1) is 12.8 Å². The summed E-state index contributed by atoms with van der Waals surface area (Å²) in [5.41, 5.74) is 2.38. The second kappa shape index (κ2) is 6.81. The SMILES string of the molecule is COc1cccnc1-c1cnc2c(c1)N(C)C(=O)C1CN(C(C)C)CCN21. The number of anilines is 2. The van der Waals surface area contributed by atoms with E-state index in [0.717, 1.165) is 42.4 Å². The molecule has 2 aromatic heterocycles. The van der Waals surface area contributed by atoms with Gasteiger partial charge in [0.25, 0.3) is 5.91 Å². The summed E-state index contributed by atoms with van der Waals surface area (Å²) >= 11 is 0. The quantitative estimate of drug-likeness (QED) is 0.827. The molecule has 2 aromatic rings. The molecule has 2 aliphatic rings. The summed E-state index contributed by atoms with van der Waals surface area (Å²) in [6.07, 6.45) is 3.55. The summed E-state index contributed by atoms with van der Waals surface area (Å²) in [5, 5.41) is 0. The Balaban J connectivity index is 1.74. The molecule has 0 saturated carbocycles. The molecule has 7 heteroatoms. The zero-order valence-electron chi connectivity index (χ0n) is 16.2. The van der Waals surface area contributed by atoms with Crippen molar-refractivity contribution >= 4 is 17.4 Å². The first-order chi connectivity index (χ1) is 13.0. The summed E-state index contributed by atoms with van der Waals surface area (Å²) in [5.74, 6) is 1.66. The van der Waals surface area contributed by atoms with Crippen LogP contribution in [-0.2, 0) is 4.79 Å². The third kappa shape index (κ3) is 2.92. The highest BCUT2D eigenvalue weighted by Crippen LogP contribution is 2.38. The number of hydrogen-bond acceptors (Lipinski definition) is 6. The molecule has 2 aliphatic heterocycles. The van der Waals surface area contributed by atoms with Crippen molar-refractivity contribution in [3.63, 3.8) is 0 Å². The Bertz CT molecular complexity index is 869. The Morgan fingerprint density at radius 1 is 1.26 bits per heavy atom. The van der Waals surface area contributed by atoms with Crippen LogP contribution < -0.4 is 14.5 Å². The molecular formula is C20H25N5O2. The number of ether oxygens (including phenoxy) is 1. The van der Waals surface area contributed by atoms with Gasteiger partial charge >= 0.3 is 0 Å². The van der Waals surface area contributed by atoms with Crippen molar-refractivity contribution in [2.45, 2.75) is 25.9 Å². The number of carbonyl (C=O) groups is 1. The van der Waals surface area contributed by atoms with Gasteiger partial charge in [-0.25, -0.2) is 4.98 Å². The van der Waals surface area contributed by atoms with E-state index in [2.05, 4.69) is 28.6 Å². The Morgan fingerprint density at radius 3 is 2.81 bits per heavy atom. The van der Waals surface area contributed by atoms with Crippen LogP contribution in [0.15, 0.2) is 30.6 Å². The van der Waals surface area contributed by atoms with Crippen molar-refractivity contribution in [1.82, 2.24) is 14.9 Å². The van der Waals surface area contributed by atoms with Crippen molar-refractivity contribution in [1.29, 1.82) is 0 Å². The predicted octanol–water partition coefficient (Wildman–Crippen LogP) is 2.03. The number of likely N-dealkylation sites (N-methyl/N-ethyl adjacent to an activating group) is 1. The number of aromatic nitrogens is 2. The van der Waals surface area contributed by atoms with E-state index in [4.69, 9.17) is 9.72 Å². The first kappa shape index (κ1) is 17.7. The van der Waals surface area contributed by atoms with Gasteiger partial charge in [0.1, 0.15) is 17.5 Å². The lowest BCUT2D eigenvalue weighted by Gasteiger charge is -2.47. The van der Waals surface area contributed by atoms with E-state index in [-0.39, 0.29) is 11.9 Å². The van der Waals surface area contributed by atoms with E-state index in [1.165, 1.54) is 0 Å². The zero-order chi connectivity index (χ0) is 19.1. The fourth-order valence-corrected chi connectivity index (χ4v) is 3.90. The molecule has 27 heavy (non-hydrogen) atoms. The molecule has 0 aromatic carbocycles. The van der Waals surface area contributed by atoms with Gasteiger partial charge < -0.3 is 14.5 Å². The number of carbonyl (C=O) groups excluding carboxylic acids is 1. The van der Waals surface area contributed by atoms with Crippen molar-refractivity contribution in [3.8, 4) is 17.0 Å². The average molecular weight is 367 g/mol. The highest BCUT2D eigenvalue weighted by molar-refractivity contribution is 6.05. The first-order valence-corrected chi connectivity index (χ1v) is 9.29. The molecule has 4 heterocycles. The third-order valence-electron chi connectivity index (χ3n) is 5.50. The van der Waals surface area contributed by atoms with Crippen LogP contribution in [0.25, 0.3) is 11.3 Å². The van der Waals surface area contributed by atoms with E-state index < -0.39 is 0 Å². The van der Waals surface area contributed by atoms with Crippen molar-refractivity contribution in [2.24, 2.45) is 0 Å². The van der Waals surface area contributed by atoms with Crippen LogP contribution in [-0.4, -0.2) is 66.7 Å². The zero-order valence-corrected chi connectivity index (χ0v) is 16.2. The molecule has 1 fully saturated rings. The molecule has 1 atom stereocenters. The molecule has 0 bridgehead atoms. The Labute approximate surface area is 159 Å². The van der Waals surface area contributed by atoms with E-state index in [9.17, 15) is 4.79 Å². The molecule has 1 saturated heterocycles. The van der Waals surface area contributed by atoms with Crippen molar-refractivity contribution in [3.05, 3.63) is 30.6 Å². The van der Waals surface area contributed by atoms with Crippen molar-refractivity contribution in [2.75, 3.05) is 43.6 Å². The first-order valence-electron chi connectivity index (χ1n) is 9.29. The highest BCUT2D eigenvalue weighted by atomic mass is 16.5. The third-order valence-corrected chi connectivity index (χ3v) is 5.50. The van der Waals surface area contributed by atoms with E-state index >= 15 is 0 Å². The fraction of sp³-hybridized carbons (Fsp3) is 0.450. The molecule has 0 radical (unpaired) electrons.